The van der Waals surface area contributed by atoms with Crippen molar-refractivity contribution in [1.29, 1.82) is 0 Å². The molecular weight excluding hydrogens is 291 g/mol. The standard InChI is InChI=1S/C12H12BrClO2/c13-8-3-1-2-7-9(14)6-10-12(11(7)8)16-5-4-15-10/h6,8H,1-5H2. The zero-order valence-electron chi connectivity index (χ0n) is 8.76. The Balaban J connectivity index is 2.21. The molecule has 0 amide bonds. The van der Waals surface area contributed by atoms with Gasteiger partial charge in [-0.05, 0) is 24.8 Å². The van der Waals surface area contributed by atoms with Gasteiger partial charge in [0.05, 0.1) is 0 Å². The lowest BCUT2D eigenvalue weighted by Crippen LogP contribution is -2.19. The average Bonchev–Trinajstić information content (AvgIpc) is 2.30. The summed E-state index contributed by atoms with van der Waals surface area (Å²) in [6.45, 7) is 1.23. The highest BCUT2D eigenvalue weighted by Gasteiger charge is 2.28. The third-order valence-corrected chi connectivity index (χ3v) is 4.38. The molecule has 2 aliphatic rings. The minimum atomic E-state index is 0.338. The fraction of sp³-hybridized carbons (Fsp3) is 0.500. The molecule has 1 aromatic carbocycles. The largest absolute Gasteiger partial charge is 0.486 e. The second kappa shape index (κ2) is 4.11. The summed E-state index contributed by atoms with van der Waals surface area (Å²) in [5.74, 6) is 1.69. The first kappa shape index (κ1) is 10.7. The van der Waals surface area contributed by atoms with Gasteiger partial charge >= 0.3 is 0 Å². The fourth-order valence-corrected chi connectivity index (χ4v) is 3.51. The first-order chi connectivity index (χ1) is 7.77. The summed E-state index contributed by atoms with van der Waals surface area (Å²) >= 11 is 9.99. The molecule has 86 valence electrons. The third-order valence-electron chi connectivity index (χ3n) is 3.12. The lowest BCUT2D eigenvalue weighted by molar-refractivity contribution is 0.169. The van der Waals surface area contributed by atoms with Gasteiger partial charge in [0.1, 0.15) is 13.2 Å². The van der Waals surface area contributed by atoms with Crippen LogP contribution in [0.3, 0.4) is 0 Å². The van der Waals surface area contributed by atoms with Gasteiger partial charge < -0.3 is 9.47 Å². The van der Waals surface area contributed by atoms with Crippen molar-refractivity contribution in [3.8, 4) is 11.5 Å². The molecule has 0 aromatic heterocycles. The van der Waals surface area contributed by atoms with E-state index in [9.17, 15) is 0 Å². The summed E-state index contributed by atoms with van der Waals surface area (Å²) in [5.41, 5.74) is 2.42. The van der Waals surface area contributed by atoms with E-state index in [1.165, 1.54) is 17.5 Å². The van der Waals surface area contributed by atoms with Crippen molar-refractivity contribution < 1.29 is 9.47 Å². The van der Waals surface area contributed by atoms with E-state index < -0.39 is 0 Å². The predicted octanol–water partition coefficient (Wildman–Crippen LogP) is 3.88. The molecule has 0 fully saturated rings. The van der Waals surface area contributed by atoms with E-state index in [-0.39, 0.29) is 0 Å². The Hall–Kier alpha value is -0.410. The molecule has 16 heavy (non-hydrogen) atoms. The number of rotatable bonds is 0. The molecule has 0 spiro atoms. The SMILES string of the molecule is Clc1cc2c(c3c1CCCC3Br)OCCO2. The average molecular weight is 304 g/mol. The van der Waals surface area contributed by atoms with Crippen molar-refractivity contribution >= 4 is 27.5 Å². The minimum Gasteiger partial charge on any atom is -0.486 e. The molecule has 0 radical (unpaired) electrons. The normalized spacial score (nSPS) is 22.8. The Bertz CT molecular complexity index is 434. The Morgan fingerprint density at radius 3 is 3.00 bits per heavy atom. The summed E-state index contributed by atoms with van der Waals surface area (Å²) in [4.78, 5) is 0.338. The lowest BCUT2D eigenvalue weighted by Gasteiger charge is -2.29. The van der Waals surface area contributed by atoms with Crippen LogP contribution in [0.5, 0.6) is 11.5 Å². The number of fused-ring (bicyclic) bond motifs is 3. The Morgan fingerprint density at radius 2 is 2.12 bits per heavy atom. The van der Waals surface area contributed by atoms with Gasteiger partial charge in [0, 0.05) is 21.5 Å². The second-order valence-electron chi connectivity index (χ2n) is 4.13. The van der Waals surface area contributed by atoms with Gasteiger partial charge in [-0.25, -0.2) is 0 Å². The molecule has 0 bridgehead atoms. The van der Waals surface area contributed by atoms with E-state index in [4.69, 9.17) is 21.1 Å². The van der Waals surface area contributed by atoms with Gasteiger partial charge in [0.25, 0.3) is 0 Å². The van der Waals surface area contributed by atoms with Crippen molar-refractivity contribution in [1.82, 2.24) is 0 Å². The molecule has 0 saturated carbocycles. The molecule has 0 N–H and O–H groups in total. The van der Waals surface area contributed by atoms with E-state index in [1.807, 2.05) is 6.07 Å². The van der Waals surface area contributed by atoms with Crippen molar-refractivity contribution in [3.05, 3.63) is 22.2 Å². The van der Waals surface area contributed by atoms with Gasteiger partial charge in [-0.15, -0.1) is 0 Å². The van der Waals surface area contributed by atoms with E-state index in [1.54, 1.807) is 0 Å². The number of ether oxygens (including phenoxy) is 2. The molecule has 1 atom stereocenters. The van der Waals surface area contributed by atoms with Crippen LogP contribution < -0.4 is 9.47 Å². The maximum Gasteiger partial charge on any atom is 0.166 e. The smallest absolute Gasteiger partial charge is 0.166 e. The molecule has 1 aromatic rings. The van der Waals surface area contributed by atoms with E-state index in [0.29, 0.717) is 18.0 Å². The molecule has 0 saturated heterocycles. The molecule has 3 rings (SSSR count). The fourth-order valence-electron chi connectivity index (χ4n) is 2.41. The van der Waals surface area contributed by atoms with Crippen LogP contribution in [0.1, 0.15) is 28.8 Å². The number of hydrogen-bond donors (Lipinski definition) is 0. The van der Waals surface area contributed by atoms with Gasteiger partial charge in [-0.2, -0.15) is 0 Å². The van der Waals surface area contributed by atoms with Gasteiger partial charge in [0.2, 0.25) is 0 Å². The highest BCUT2D eigenvalue weighted by atomic mass is 79.9. The second-order valence-corrected chi connectivity index (χ2v) is 5.65. The van der Waals surface area contributed by atoms with Crippen LogP contribution in [-0.2, 0) is 6.42 Å². The number of hydrogen-bond acceptors (Lipinski definition) is 2. The summed E-state index contributed by atoms with van der Waals surface area (Å²) in [5, 5.41) is 0.809. The third kappa shape index (κ3) is 1.61. The molecule has 1 unspecified atom stereocenters. The first-order valence-electron chi connectivity index (χ1n) is 5.52. The Kier molecular flexibility index (Phi) is 2.76. The van der Waals surface area contributed by atoms with Crippen molar-refractivity contribution in [2.75, 3.05) is 13.2 Å². The van der Waals surface area contributed by atoms with E-state index in [0.717, 1.165) is 29.4 Å². The molecule has 1 aliphatic carbocycles. The molecule has 4 heteroatoms. The number of alkyl halides is 1. The first-order valence-corrected chi connectivity index (χ1v) is 6.81. The number of benzene rings is 1. The molecule has 1 aliphatic heterocycles. The monoisotopic (exact) mass is 302 g/mol. The summed E-state index contributed by atoms with van der Waals surface area (Å²) in [6, 6.07) is 1.89. The van der Waals surface area contributed by atoms with Crippen LogP contribution in [-0.4, -0.2) is 13.2 Å². The Labute approximate surface area is 108 Å². The zero-order chi connectivity index (χ0) is 11.1. The quantitative estimate of drug-likeness (QED) is 0.677. The van der Waals surface area contributed by atoms with Crippen molar-refractivity contribution in [2.24, 2.45) is 0 Å². The van der Waals surface area contributed by atoms with Crippen LogP contribution in [0, 0.1) is 0 Å². The molecule has 1 heterocycles. The summed E-state index contributed by atoms with van der Waals surface area (Å²) in [6.07, 6.45) is 3.33. The zero-order valence-corrected chi connectivity index (χ0v) is 11.1. The van der Waals surface area contributed by atoms with E-state index in [2.05, 4.69) is 15.9 Å². The highest BCUT2D eigenvalue weighted by molar-refractivity contribution is 9.09. The van der Waals surface area contributed by atoms with E-state index >= 15 is 0 Å². The van der Waals surface area contributed by atoms with Crippen LogP contribution in [0.4, 0.5) is 0 Å². The maximum absolute atomic E-state index is 6.29. The maximum atomic E-state index is 6.29. The van der Waals surface area contributed by atoms with Crippen LogP contribution in [0.25, 0.3) is 0 Å². The molecule has 2 nitrogen and oxygen atoms in total. The summed E-state index contributed by atoms with van der Waals surface area (Å²) < 4.78 is 11.3. The lowest BCUT2D eigenvalue weighted by atomic mass is 9.90. The predicted molar refractivity (Wildman–Crippen MR) is 67.0 cm³/mol. The van der Waals surface area contributed by atoms with Gasteiger partial charge in [0.15, 0.2) is 11.5 Å². The molecular formula is C12H12BrClO2. The Morgan fingerprint density at radius 1 is 1.31 bits per heavy atom. The van der Waals surface area contributed by atoms with Gasteiger partial charge in [-0.1, -0.05) is 27.5 Å². The van der Waals surface area contributed by atoms with Gasteiger partial charge in [-0.3, -0.25) is 0 Å². The van der Waals surface area contributed by atoms with Crippen LogP contribution in [0.2, 0.25) is 5.02 Å². The number of halogens is 2. The highest BCUT2D eigenvalue weighted by Crippen LogP contribution is 2.49. The summed E-state index contributed by atoms with van der Waals surface area (Å²) in [7, 11) is 0. The van der Waals surface area contributed by atoms with Crippen molar-refractivity contribution in [3.63, 3.8) is 0 Å². The van der Waals surface area contributed by atoms with Crippen LogP contribution in [0.15, 0.2) is 6.07 Å². The topological polar surface area (TPSA) is 18.5 Å². The van der Waals surface area contributed by atoms with Crippen molar-refractivity contribution in [2.45, 2.75) is 24.1 Å². The minimum absolute atomic E-state index is 0.338. The van der Waals surface area contributed by atoms with Crippen LogP contribution >= 0.6 is 27.5 Å².